The largest absolute Gasteiger partial charge is 0.476 e. The molecule has 0 fully saturated rings. The number of halogens is 4. The number of benzene rings is 1. The molecule has 2 aromatic rings. The van der Waals surface area contributed by atoms with Crippen LogP contribution in [0.1, 0.15) is 32.1 Å². The second kappa shape index (κ2) is 6.89. The van der Waals surface area contributed by atoms with Gasteiger partial charge < -0.3 is 14.7 Å². The highest BCUT2D eigenvalue weighted by Crippen LogP contribution is 2.31. The number of rotatable bonds is 5. The van der Waals surface area contributed by atoms with Gasteiger partial charge in [0, 0.05) is 12.1 Å². The molecule has 1 aromatic heterocycles. The molecule has 0 bridgehead atoms. The lowest BCUT2D eigenvalue weighted by Gasteiger charge is -2.28. The van der Waals surface area contributed by atoms with Crippen molar-refractivity contribution in [3.8, 4) is 5.75 Å². The van der Waals surface area contributed by atoms with Gasteiger partial charge in [-0.25, -0.2) is 4.79 Å². The summed E-state index contributed by atoms with van der Waals surface area (Å²) in [7, 11) is 0. The van der Waals surface area contributed by atoms with Crippen LogP contribution < -0.4 is 4.74 Å². The quantitative estimate of drug-likeness (QED) is 0.769. The van der Waals surface area contributed by atoms with E-state index >= 15 is 0 Å². The number of carboxylic acid groups (broad SMARTS) is 1. The molecule has 7 nitrogen and oxygen atoms in total. The third kappa shape index (κ3) is 3.57. The van der Waals surface area contributed by atoms with E-state index in [0.717, 1.165) is 6.07 Å². The zero-order valence-corrected chi connectivity index (χ0v) is 13.6. The van der Waals surface area contributed by atoms with E-state index < -0.39 is 30.2 Å². The summed E-state index contributed by atoms with van der Waals surface area (Å²) >= 11 is 0. The Morgan fingerprint density at radius 1 is 1.30 bits per heavy atom. The number of aromatic amines is 1. The SMILES string of the molecule is O=C(O)c1n[nH]c2c1CCN(C(=O)c1ccccc1OC(F)(F)C(F)F)C2. The summed E-state index contributed by atoms with van der Waals surface area (Å²) in [6.45, 7) is 0.0687. The molecule has 0 spiro atoms. The molecule has 0 saturated carbocycles. The topological polar surface area (TPSA) is 95.5 Å². The van der Waals surface area contributed by atoms with Crippen molar-refractivity contribution in [3.05, 3.63) is 46.8 Å². The number of hydrogen-bond donors (Lipinski definition) is 2. The zero-order valence-electron chi connectivity index (χ0n) is 13.6. The molecule has 1 amide bonds. The maximum Gasteiger partial charge on any atom is 0.461 e. The Bertz CT molecular complexity index is 884. The van der Waals surface area contributed by atoms with Crippen LogP contribution in [0.15, 0.2) is 24.3 Å². The normalized spacial score (nSPS) is 14.2. The number of nitrogens with zero attached hydrogens (tertiary/aromatic N) is 2. The Balaban J connectivity index is 1.84. The second-order valence-corrected chi connectivity index (χ2v) is 5.77. The standard InChI is InChI=1S/C16H13F4N3O4/c17-15(18)16(19,20)27-11-4-2-1-3-9(11)13(24)23-6-5-8-10(7-23)21-22-12(8)14(25)26/h1-4,15H,5-7H2,(H,21,22)(H,25,26). The fourth-order valence-electron chi connectivity index (χ4n) is 2.76. The Morgan fingerprint density at radius 3 is 2.67 bits per heavy atom. The van der Waals surface area contributed by atoms with E-state index in [0.29, 0.717) is 11.3 Å². The second-order valence-electron chi connectivity index (χ2n) is 5.77. The van der Waals surface area contributed by atoms with Crippen LogP contribution in [0, 0.1) is 0 Å². The minimum atomic E-state index is -4.74. The number of alkyl halides is 4. The minimum Gasteiger partial charge on any atom is -0.476 e. The highest BCUT2D eigenvalue weighted by atomic mass is 19.3. The molecule has 1 aromatic carbocycles. The molecule has 0 saturated heterocycles. The molecule has 2 heterocycles. The van der Waals surface area contributed by atoms with Gasteiger partial charge in [0.2, 0.25) is 0 Å². The van der Waals surface area contributed by atoms with E-state index in [1.165, 1.54) is 23.1 Å². The Hall–Kier alpha value is -3.11. The van der Waals surface area contributed by atoms with Gasteiger partial charge in [0.15, 0.2) is 5.69 Å². The summed E-state index contributed by atoms with van der Waals surface area (Å²) in [6.07, 6.45) is -8.61. The maximum atomic E-state index is 13.2. The van der Waals surface area contributed by atoms with Gasteiger partial charge in [-0.05, 0) is 18.6 Å². The van der Waals surface area contributed by atoms with Crippen LogP contribution in [0.5, 0.6) is 5.75 Å². The third-order valence-corrected chi connectivity index (χ3v) is 4.04. The van der Waals surface area contributed by atoms with Crippen LogP contribution in [-0.4, -0.2) is 51.2 Å². The number of ether oxygens (including phenoxy) is 1. The number of hydrogen-bond acceptors (Lipinski definition) is 4. The van der Waals surface area contributed by atoms with Crippen molar-refractivity contribution in [2.75, 3.05) is 6.54 Å². The zero-order chi connectivity index (χ0) is 19.8. The summed E-state index contributed by atoms with van der Waals surface area (Å²) < 4.78 is 55.3. The van der Waals surface area contributed by atoms with Crippen LogP contribution in [0.25, 0.3) is 0 Å². The van der Waals surface area contributed by atoms with E-state index in [1.54, 1.807) is 0 Å². The summed E-state index contributed by atoms with van der Waals surface area (Å²) in [4.78, 5) is 25.0. The summed E-state index contributed by atoms with van der Waals surface area (Å²) in [5.41, 5.74) is 0.417. The number of aromatic nitrogens is 2. The number of fused-ring (bicyclic) bond motifs is 1. The molecule has 0 atom stereocenters. The monoisotopic (exact) mass is 387 g/mol. The van der Waals surface area contributed by atoms with E-state index in [1.807, 2.05) is 0 Å². The van der Waals surface area contributed by atoms with Crippen LogP contribution in [0.3, 0.4) is 0 Å². The molecule has 11 heteroatoms. The number of carboxylic acids is 1. The number of H-pyrrole nitrogens is 1. The van der Waals surface area contributed by atoms with Gasteiger partial charge in [-0.2, -0.15) is 22.7 Å². The first-order valence-electron chi connectivity index (χ1n) is 7.73. The lowest BCUT2D eigenvalue weighted by Crippen LogP contribution is -2.38. The van der Waals surface area contributed by atoms with Crippen LogP contribution >= 0.6 is 0 Å². The highest BCUT2D eigenvalue weighted by Gasteiger charge is 2.44. The van der Waals surface area contributed by atoms with Crippen molar-refractivity contribution in [1.29, 1.82) is 0 Å². The van der Waals surface area contributed by atoms with Gasteiger partial charge in [-0.1, -0.05) is 12.1 Å². The first-order chi connectivity index (χ1) is 12.7. The lowest BCUT2D eigenvalue weighted by atomic mass is 10.0. The molecular weight excluding hydrogens is 374 g/mol. The third-order valence-electron chi connectivity index (χ3n) is 4.04. The molecule has 1 aliphatic rings. The van der Waals surface area contributed by atoms with Crippen LogP contribution in [-0.2, 0) is 13.0 Å². The molecule has 144 valence electrons. The molecule has 0 aliphatic carbocycles. The van der Waals surface area contributed by atoms with E-state index in [-0.39, 0.29) is 30.8 Å². The van der Waals surface area contributed by atoms with Gasteiger partial charge in [-0.15, -0.1) is 0 Å². The maximum absolute atomic E-state index is 13.2. The van der Waals surface area contributed by atoms with Crippen molar-refractivity contribution < 1.29 is 37.0 Å². The Labute approximate surface area is 149 Å². The smallest absolute Gasteiger partial charge is 0.461 e. The van der Waals surface area contributed by atoms with Gasteiger partial charge in [0.05, 0.1) is 17.8 Å². The molecule has 2 N–H and O–H groups in total. The van der Waals surface area contributed by atoms with Crippen LogP contribution in [0.2, 0.25) is 0 Å². The average molecular weight is 387 g/mol. The van der Waals surface area contributed by atoms with E-state index in [2.05, 4.69) is 14.9 Å². The van der Waals surface area contributed by atoms with Crippen molar-refractivity contribution in [2.24, 2.45) is 0 Å². The fourth-order valence-corrected chi connectivity index (χ4v) is 2.76. The molecular formula is C16H13F4N3O4. The number of carbonyl (C=O) groups is 2. The van der Waals surface area contributed by atoms with Gasteiger partial charge in [0.1, 0.15) is 5.75 Å². The number of nitrogens with one attached hydrogen (secondary N) is 1. The highest BCUT2D eigenvalue weighted by molar-refractivity contribution is 5.97. The van der Waals surface area contributed by atoms with Gasteiger partial charge in [-0.3, -0.25) is 9.89 Å². The minimum absolute atomic E-state index is 0.0337. The molecule has 27 heavy (non-hydrogen) atoms. The van der Waals surface area contributed by atoms with Gasteiger partial charge in [0.25, 0.3) is 5.91 Å². The predicted molar refractivity (Wildman–Crippen MR) is 82.0 cm³/mol. The Kier molecular flexibility index (Phi) is 4.77. The van der Waals surface area contributed by atoms with Crippen molar-refractivity contribution in [3.63, 3.8) is 0 Å². The fraction of sp³-hybridized carbons (Fsp3) is 0.312. The number of para-hydroxylation sites is 1. The first-order valence-corrected chi connectivity index (χ1v) is 7.73. The summed E-state index contributed by atoms with van der Waals surface area (Å²) in [5.74, 6) is -2.59. The molecule has 1 aliphatic heterocycles. The number of carbonyl (C=O) groups excluding carboxylic acids is 1. The molecule has 0 unspecified atom stereocenters. The molecule has 0 radical (unpaired) electrons. The first kappa shape index (κ1) is 18.7. The van der Waals surface area contributed by atoms with Crippen molar-refractivity contribution >= 4 is 11.9 Å². The number of amides is 1. The molecule has 3 rings (SSSR count). The van der Waals surface area contributed by atoms with Crippen molar-refractivity contribution in [2.45, 2.75) is 25.5 Å². The summed E-state index contributed by atoms with van der Waals surface area (Å²) in [5, 5.41) is 15.3. The van der Waals surface area contributed by atoms with Crippen LogP contribution in [0.4, 0.5) is 17.6 Å². The summed E-state index contributed by atoms with van der Waals surface area (Å²) in [6, 6.07) is 4.84. The predicted octanol–water partition coefficient (Wildman–Crippen LogP) is 2.54. The van der Waals surface area contributed by atoms with Gasteiger partial charge >= 0.3 is 18.5 Å². The van der Waals surface area contributed by atoms with E-state index in [4.69, 9.17) is 5.11 Å². The van der Waals surface area contributed by atoms with E-state index in [9.17, 15) is 27.2 Å². The number of aromatic carboxylic acids is 1. The average Bonchev–Trinajstić information content (AvgIpc) is 3.04. The Morgan fingerprint density at radius 2 is 2.00 bits per heavy atom. The van der Waals surface area contributed by atoms with Crippen molar-refractivity contribution in [1.82, 2.24) is 15.1 Å². The lowest BCUT2D eigenvalue weighted by molar-refractivity contribution is -0.253.